The fraction of sp³-hybridized carbons (Fsp3) is 0.211. The number of halogens is 1. The van der Waals surface area contributed by atoms with E-state index in [2.05, 4.69) is 25.1 Å². The van der Waals surface area contributed by atoms with Crippen molar-refractivity contribution in [3.8, 4) is 11.5 Å². The van der Waals surface area contributed by atoms with Crippen LogP contribution in [-0.4, -0.2) is 29.7 Å². The lowest BCUT2D eigenvalue weighted by molar-refractivity contribution is 0.485. The van der Waals surface area contributed by atoms with Gasteiger partial charge in [-0.05, 0) is 48.9 Å². The lowest BCUT2D eigenvalue weighted by Crippen LogP contribution is -2.04. The van der Waals surface area contributed by atoms with Gasteiger partial charge in [-0.2, -0.15) is 0 Å². The molecule has 28 heavy (non-hydrogen) atoms. The van der Waals surface area contributed by atoms with Gasteiger partial charge in [-0.1, -0.05) is 17.7 Å². The van der Waals surface area contributed by atoms with Crippen LogP contribution in [0.15, 0.2) is 63.5 Å². The lowest BCUT2D eigenvalue weighted by Gasteiger charge is -2.09. The van der Waals surface area contributed by atoms with E-state index in [4.69, 9.17) is 16.0 Å². The summed E-state index contributed by atoms with van der Waals surface area (Å²) in [6, 6.07) is 11.2. The Bertz CT molecular complexity index is 1100. The third kappa shape index (κ3) is 3.65. The van der Waals surface area contributed by atoms with Crippen LogP contribution in [0.1, 0.15) is 30.3 Å². The first kappa shape index (κ1) is 17.4. The number of furan rings is 1. The molecule has 0 atom stereocenters. The third-order valence-electron chi connectivity index (χ3n) is 4.33. The van der Waals surface area contributed by atoms with Gasteiger partial charge in [-0.25, -0.2) is 9.97 Å². The van der Waals surface area contributed by atoms with E-state index in [1.165, 1.54) is 11.8 Å². The molecule has 4 aromatic heterocycles. The minimum absolute atomic E-state index is 0.420. The number of hydrogen-bond donors (Lipinski definition) is 0. The van der Waals surface area contributed by atoms with Crippen LogP contribution in [0.25, 0.3) is 11.5 Å². The first-order chi connectivity index (χ1) is 13.8. The van der Waals surface area contributed by atoms with Gasteiger partial charge in [0.05, 0.1) is 12.8 Å². The van der Waals surface area contributed by atoms with Crippen molar-refractivity contribution in [3.05, 3.63) is 65.6 Å². The average Bonchev–Trinajstić information content (AvgIpc) is 3.31. The Hall–Kier alpha value is -2.71. The Kier molecular flexibility index (Phi) is 4.58. The zero-order valence-corrected chi connectivity index (χ0v) is 16.3. The van der Waals surface area contributed by atoms with E-state index < -0.39 is 0 Å². The molecule has 1 saturated carbocycles. The van der Waals surface area contributed by atoms with E-state index in [1.807, 2.05) is 34.9 Å². The molecule has 0 aromatic carbocycles. The standard InChI is InChI=1S/C19H15ClN6OS/c20-15-10-16(23-17(22-15)12-6-7-12)28-19-25-24-18(14-5-1-2-8-21-14)26(19)11-13-4-3-9-27-13/h1-5,8-10,12H,6-7,11H2. The Labute approximate surface area is 170 Å². The molecular weight excluding hydrogens is 396 g/mol. The van der Waals surface area contributed by atoms with E-state index in [9.17, 15) is 0 Å². The summed E-state index contributed by atoms with van der Waals surface area (Å²) in [6.45, 7) is 0.489. The lowest BCUT2D eigenvalue weighted by atomic mass is 10.3. The molecule has 0 spiro atoms. The van der Waals surface area contributed by atoms with Crippen LogP contribution in [-0.2, 0) is 6.54 Å². The second kappa shape index (κ2) is 7.37. The maximum atomic E-state index is 6.21. The molecule has 0 aliphatic heterocycles. The van der Waals surface area contributed by atoms with Crippen LogP contribution >= 0.6 is 23.4 Å². The second-order valence-electron chi connectivity index (χ2n) is 6.45. The monoisotopic (exact) mass is 410 g/mol. The van der Waals surface area contributed by atoms with Crippen LogP contribution in [0.3, 0.4) is 0 Å². The summed E-state index contributed by atoms with van der Waals surface area (Å²) in [5, 5.41) is 10.6. The van der Waals surface area contributed by atoms with E-state index in [0.29, 0.717) is 28.6 Å². The highest BCUT2D eigenvalue weighted by atomic mass is 35.5. The minimum atomic E-state index is 0.420. The molecule has 1 aliphatic carbocycles. The number of rotatable bonds is 6. The molecule has 1 aliphatic rings. The van der Waals surface area contributed by atoms with Crippen LogP contribution in [0, 0.1) is 0 Å². The van der Waals surface area contributed by atoms with Crippen molar-refractivity contribution >= 4 is 23.4 Å². The predicted molar refractivity (Wildman–Crippen MR) is 104 cm³/mol. The highest BCUT2D eigenvalue weighted by Crippen LogP contribution is 2.39. The fourth-order valence-electron chi connectivity index (χ4n) is 2.83. The van der Waals surface area contributed by atoms with Crippen molar-refractivity contribution in [2.24, 2.45) is 0 Å². The topological polar surface area (TPSA) is 82.5 Å². The zero-order valence-electron chi connectivity index (χ0n) is 14.7. The first-order valence-corrected chi connectivity index (χ1v) is 10.0. The summed E-state index contributed by atoms with van der Waals surface area (Å²) in [5.41, 5.74) is 0.743. The van der Waals surface area contributed by atoms with E-state index in [1.54, 1.807) is 18.5 Å². The maximum Gasteiger partial charge on any atom is 0.198 e. The summed E-state index contributed by atoms with van der Waals surface area (Å²) in [6.07, 6.45) is 5.62. The molecule has 9 heteroatoms. The molecule has 0 bridgehead atoms. The van der Waals surface area contributed by atoms with Crippen molar-refractivity contribution in [1.82, 2.24) is 29.7 Å². The first-order valence-electron chi connectivity index (χ1n) is 8.85. The van der Waals surface area contributed by atoms with Crippen LogP contribution in [0.4, 0.5) is 0 Å². The number of aromatic nitrogens is 6. The van der Waals surface area contributed by atoms with Gasteiger partial charge < -0.3 is 4.42 Å². The van der Waals surface area contributed by atoms with E-state index in [0.717, 1.165) is 35.1 Å². The molecule has 4 heterocycles. The highest BCUT2D eigenvalue weighted by molar-refractivity contribution is 7.99. The SMILES string of the molecule is Clc1cc(Sc2nnc(-c3ccccn3)n2Cc2ccco2)nc(C2CC2)n1. The van der Waals surface area contributed by atoms with Crippen molar-refractivity contribution in [3.63, 3.8) is 0 Å². The maximum absolute atomic E-state index is 6.21. The van der Waals surface area contributed by atoms with Gasteiger partial charge >= 0.3 is 0 Å². The van der Waals surface area contributed by atoms with E-state index in [-0.39, 0.29) is 0 Å². The summed E-state index contributed by atoms with van der Waals surface area (Å²) in [7, 11) is 0. The Morgan fingerprint density at radius 3 is 2.82 bits per heavy atom. The highest BCUT2D eigenvalue weighted by Gasteiger charge is 2.27. The van der Waals surface area contributed by atoms with Gasteiger partial charge in [0.25, 0.3) is 0 Å². The van der Waals surface area contributed by atoms with Gasteiger partial charge in [0.15, 0.2) is 11.0 Å². The fourth-order valence-corrected chi connectivity index (χ4v) is 3.93. The normalized spacial score (nSPS) is 13.8. The number of nitrogens with zero attached hydrogens (tertiary/aromatic N) is 6. The summed E-state index contributed by atoms with van der Waals surface area (Å²) in [5.74, 6) is 2.69. The summed E-state index contributed by atoms with van der Waals surface area (Å²) >= 11 is 7.62. The molecule has 0 N–H and O–H groups in total. The number of hydrogen-bond acceptors (Lipinski definition) is 7. The predicted octanol–water partition coefficient (Wildman–Crippen LogP) is 4.45. The molecule has 7 nitrogen and oxygen atoms in total. The van der Waals surface area contributed by atoms with E-state index >= 15 is 0 Å². The van der Waals surface area contributed by atoms with Gasteiger partial charge in [0.2, 0.25) is 0 Å². The Morgan fingerprint density at radius 1 is 1.14 bits per heavy atom. The van der Waals surface area contributed by atoms with Crippen molar-refractivity contribution in [1.29, 1.82) is 0 Å². The molecule has 0 amide bonds. The summed E-state index contributed by atoms with van der Waals surface area (Å²) < 4.78 is 7.50. The molecular formula is C19H15ClN6OS. The van der Waals surface area contributed by atoms with Crippen molar-refractivity contribution in [2.45, 2.75) is 35.5 Å². The number of pyridine rings is 1. The van der Waals surface area contributed by atoms with Crippen LogP contribution in [0.5, 0.6) is 0 Å². The Balaban J connectivity index is 1.53. The summed E-state index contributed by atoms with van der Waals surface area (Å²) in [4.78, 5) is 13.4. The molecule has 4 aromatic rings. The third-order valence-corrected chi connectivity index (χ3v) is 5.43. The molecule has 140 valence electrons. The molecule has 0 radical (unpaired) electrons. The van der Waals surface area contributed by atoms with Crippen molar-refractivity contribution < 1.29 is 4.42 Å². The smallest absolute Gasteiger partial charge is 0.198 e. The van der Waals surface area contributed by atoms with Gasteiger partial charge in [0, 0.05) is 18.2 Å². The van der Waals surface area contributed by atoms with Crippen LogP contribution < -0.4 is 0 Å². The molecule has 5 rings (SSSR count). The average molecular weight is 411 g/mol. The van der Waals surface area contributed by atoms with Crippen molar-refractivity contribution in [2.75, 3.05) is 0 Å². The zero-order chi connectivity index (χ0) is 18.9. The van der Waals surface area contributed by atoms with Crippen LogP contribution in [0.2, 0.25) is 5.15 Å². The minimum Gasteiger partial charge on any atom is -0.467 e. The quantitative estimate of drug-likeness (QED) is 0.434. The Morgan fingerprint density at radius 2 is 2.07 bits per heavy atom. The molecule has 1 fully saturated rings. The largest absolute Gasteiger partial charge is 0.467 e. The second-order valence-corrected chi connectivity index (χ2v) is 7.82. The molecule has 0 saturated heterocycles. The van der Waals surface area contributed by atoms with Gasteiger partial charge in [-0.3, -0.25) is 9.55 Å². The van der Waals surface area contributed by atoms with Gasteiger partial charge in [0.1, 0.15) is 27.5 Å². The molecule has 0 unspecified atom stereocenters. The van der Waals surface area contributed by atoms with Gasteiger partial charge in [-0.15, -0.1) is 10.2 Å².